The van der Waals surface area contributed by atoms with Crippen molar-refractivity contribution in [2.75, 3.05) is 5.75 Å². The molecule has 178 valence electrons. The van der Waals surface area contributed by atoms with Gasteiger partial charge >= 0.3 is 0 Å². The number of carbonyl (C=O) groups excluding carboxylic acids is 2. The van der Waals surface area contributed by atoms with E-state index in [4.69, 9.17) is 23.2 Å². The topological polar surface area (TPSA) is 49.4 Å². The lowest BCUT2D eigenvalue weighted by atomic mass is 9.95. The van der Waals surface area contributed by atoms with Crippen LogP contribution in [0.2, 0.25) is 10.0 Å². The highest BCUT2D eigenvalue weighted by atomic mass is 35.5. The number of thioether (sulfide) groups is 1. The van der Waals surface area contributed by atoms with E-state index in [0.717, 1.165) is 37.0 Å². The van der Waals surface area contributed by atoms with Crippen LogP contribution in [0.3, 0.4) is 0 Å². The second-order valence-corrected chi connectivity index (χ2v) is 10.5. The quantitative estimate of drug-likeness (QED) is 0.375. The van der Waals surface area contributed by atoms with Crippen molar-refractivity contribution in [2.45, 2.75) is 69.8 Å². The van der Waals surface area contributed by atoms with Gasteiger partial charge in [-0.3, -0.25) is 9.59 Å². The van der Waals surface area contributed by atoms with E-state index in [1.165, 1.54) is 12.0 Å². The number of hydrogen-bond acceptors (Lipinski definition) is 3. The maximum absolute atomic E-state index is 13.2. The van der Waals surface area contributed by atoms with E-state index in [9.17, 15) is 9.59 Å². The van der Waals surface area contributed by atoms with Crippen molar-refractivity contribution in [1.82, 2.24) is 10.2 Å². The highest BCUT2D eigenvalue weighted by Crippen LogP contribution is 2.24. The minimum atomic E-state index is -0.578. The summed E-state index contributed by atoms with van der Waals surface area (Å²) in [6, 6.07) is 15.1. The zero-order valence-electron chi connectivity index (χ0n) is 19.1. The fourth-order valence-electron chi connectivity index (χ4n) is 4.05. The third kappa shape index (κ3) is 8.24. The van der Waals surface area contributed by atoms with Gasteiger partial charge in [-0.2, -0.15) is 11.8 Å². The van der Waals surface area contributed by atoms with E-state index >= 15 is 0 Å². The normalized spacial score (nSPS) is 15.1. The number of amides is 2. The molecular formula is C26H32Cl2N2O2S. The summed E-state index contributed by atoms with van der Waals surface area (Å²) in [5.74, 6) is 1.40. The van der Waals surface area contributed by atoms with Crippen LogP contribution in [0.15, 0.2) is 48.5 Å². The van der Waals surface area contributed by atoms with Gasteiger partial charge in [0, 0.05) is 40.6 Å². The molecule has 4 nitrogen and oxygen atoms in total. The molecule has 0 saturated heterocycles. The largest absolute Gasteiger partial charge is 0.352 e. The van der Waals surface area contributed by atoms with Gasteiger partial charge in [-0.25, -0.2) is 0 Å². The Morgan fingerprint density at radius 2 is 1.82 bits per heavy atom. The predicted molar refractivity (Wildman–Crippen MR) is 139 cm³/mol. The molecule has 1 saturated carbocycles. The predicted octanol–water partition coefficient (Wildman–Crippen LogP) is 6.48. The van der Waals surface area contributed by atoms with Gasteiger partial charge in [-0.05, 0) is 43.0 Å². The lowest BCUT2D eigenvalue weighted by Gasteiger charge is -2.31. The van der Waals surface area contributed by atoms with Crippen molar-refractivity contribution in [2.24, 2.45) is 0 Å². The molecule has 1 atom stereocenters. The molecule has 0 heterocycles. The fraction of sp³-hybridized carbons (Fsp3) is 0.462. The van der Waals surface area contributed by atoms with E-state index in [1.807, 2.05) is 24.3 Å². The van der Waals surface area contributed by atoms with Crippen LogP contribution in [-0.2, 0) is 21.9 Å². The molecule has 33 heavy (non-hydrogen) atoms. The van der Waals surface area contributed by atoms with Crippen LogP contribution < -0.4 is 5.32 Å². The Kier molecular flexibility index (Phi) is 10.4. The lowest BCUT2D eigenvalue weighted by Crippen LogP contribution is -2.50. The number of nitrogens with zero attached hydrogens (tertiary/aromatic N) is 1. The Morgan fingerprint density at radius 1 is 1.09 bits per heavy atom. The van der Waals surface area contributed by atoms with E-state index in [0.29, 0.717) is 22.2 Å². The minimum absolute atomic E-state index is 0.0483. The Bertz CT molecular complexity index is 920. The average molecular weight is 508 g/mol. The molecule has 0 aromatic heterocycles. The van der Waals surface area contributed by atoms with E-state index in [2.05, 4.69) is 17.4 Å². The van der Waals surface area contributed by atoms with Crippen molar-refractivity contribution in [3.05, 3.63) is 69.7 Å². The Morgan fingerprint density at radius 3 is 2.52 bits per heavy atom. The van der Waals surface area contributed by atoms with Gasteiger partial charge in [0.05, 0.1) is 0 Å². The maximum atomic E-state index is 13.2. The van der Waals surface area contributed by atoms with Gasteiger partial charge in [-0.1, -0.05) is 78.9 Å². The number of carbonyl (C=O) groups is 2. The molecule has 2 aromatic rings. The van der Waals surface area contributed by atoms with Crippen LogP contribution >= 0.6 is 35.0 Å². The van der Waals surface area contributed by atoms with Crippen LogP contribution in [0.5, 0.6) is 0 Å². The van der Waals surface area contributed by atoms with Gasteiger partial charge in [0.25, 0.3) is 0 Å². The Hall–Kier alpha value is -1.69. The molecule has 7 heteroatoms. The third-order valence-electron chi connectivity index (χ3n) is 6.05. The average Bonchev–Trinajstić information content (AvgIpc) is 2.82. The molecular weight excluding hydrogens is 475 g/mol. The summed E-state index contributed by atoms with van der Waals surface area (Å²) in [6.07, 6.45) is 5.88. The van der Waals surface area contributed by atoms with E-state index in [1.54, 1.807) is 35.7 Å². The first kappa shape index (κ1) is 25.9. The van der Waals surface area contributed by atoms with Crippen molar-refractivity contribution < 1.29 is 9.59 Å². The maximum Gasteiger partial charge on any atom is 0.242 e. The number of benzene rings is 2. The number of nitrogens with one attached hydrogen (secondary N) is 1. The summed E-state index contributed by atoms with van der Waals surface area (Å²) in [5, 5.41) is 4.20. The summed E-state index contributed by atoms with van der Waals surface area (Å²) in [4.78, 5) is 27.9. The van der Waals surface area contributed by atoms with Crippen molar-refractivity contribution in [3.63, 3.8) is 0 Å². The molecule has 0 bridgehead atoms. The first-order valence-electron chi connectivity index (χ1n) is 11.6. The van der Waals surface area contributed by atoms with Crippen LogP contribution in [0.25, 0.3) is 0 Å². The van der Waals surface area contributed by atoms with E-state index in [-0.39, 0.29) is 24.4 Å². The number of halogens is 2. The Balaban J connectivity index is 1.64. The van der Waals surface area contributed by atoms with Crippen LogP contribution in [0, 0.1) is 0 Å². The van der Waals surface area contributed by atoms with Gasteiger partial charge in [-0.15, -0.1) is 0 Å². The van der Waals surface area contributed by atoms with Gasteiger partial charge in [0.1, 0.15) is 6.04 Å². The summed E-state index contributed by atoms with van der Waals surface area (Å²) in [5.41, 5.74) is 2.02. The molecule has 0 aliphatic heterocycles. The second kappa shape index (κ2) is 13.3. The summed E-state index contributed by atoms with van der Waals surface area (Å²) in [7, 11) is 0. The zero-order valence-corrected chi connectivity index (χ0v) is 21.4. The highest BCUT2D eigenvalue weighted by molar-refractivity contribution is 7.98. The van der Waals surface area contributed by atoms with Crippen molar-refractivity contribution in [3.8, 4) is 0 Å². The minimum Gasteiger partial charge on any atom is -0.352 e. The van der Waals surface area contributed by atoms with Gasteiger partial charge in [0.2, 0.25) is 11.8 Å². The van der Waals surface area contributed by atoms with Crippen molar-refractivity contribution >= 4 is 46.8 Å². The molecule has 1 aliphatic carbocycles. The summed E-state index contributed by atoms with van der Waals surface area (Å²) in [6.45, 7) is 2.08. The first-order valence-corrected chi connectivity index (χ1v) is 13.5. The number of hydrogen-bond donors (Lipinski definition) is 1. The summed E-state index contributed by atoms with van der Waals surface area (Å²) >= 11 is 14.1. The molecule has 3 rings (SSSR count). The third-order valence-corrected chi connectivity index (χ3v) is 7.66. The molecule has 0 radical (unpaired) electrons. The fourth-order valence-corrected chi connectivity index (χ4v) is 5.41. The molecule has 2 aromatic carbocycles. The van der Waals surface area contributed by atoms with Crippen LogP contribution in [0.1, 0.15) is 56.6 Å². The molecule has 1 aliphatic rings. The van der Waals surface area contributed by atoms with Crippen LogP contribution in [0.4, 0.5) is 0 Å². The van der Waals surface area contributed by atoms with Crippen LogP contribution in [-0.4, -0.2) is 34.6 Å². The smallest absolute Gasteiger partial charge is 0.242 e. The first-order chi connectivity index (χ1) is 15.9. The molecule has 1 N–H and O–H groups in total. The Labute approximate surface area is 211 Å². The zero-order chi connectivity index (χ0) is 23.6. The van der Waals surface area contributed by atoms with Crippen molar-refractivity contribution in [1.29, 1.82) is 0 Å². The highest BCUT2D eigenvalue weighted by Gasteiger charge is 2.28. The van der Waals surface area contributed by atoms with E-state index < -0.39 is 6.04 Å². The van der Waals surface area contributed by atoms with Gasteiger partial charge in [0.15, 0.2) is 0 Å². The number of rotatable bonds is 10. The van der Waals surface area contributed by atoms with Gasteiger partial charge < -0.3 is 10.2 Å². The second-order valence-electron chi connectivity index (χ2n) is 8.57. The SMILES string of the molecule is C[C@H](C(=O)NC1CCCCC1)N(Cc1ccc(Cl)cc1Cl)C(=O)CCSCc1ccccc1. The standard InChI is InChI=1S/C26H32Cl2N2O2S/c1-19(26(32)29-23-10-6-3-7-11-23)30(17-21-12-13-22(27)16-24(21)28)25(31)14-15-33-18-20-8-4-2-5-9-20/h2,4-5,8-9,12-13,16,19,23H,3,6-7,10-11,14-15,17-18H2,1H3,(H,29,32)/t19-/m1/s1. The molecule has 0 spiro atoms. The molecule has 0 unspecified atom stereocenters. The lowest BCUT2D eigenvalue weighted by molar-refractivity contribution is -0.140. The summed E-state index contributed by atoms with van der Waals surface area (Å²) < 4.78 is 0. The molecule has 2 amide bonds. The molecule has 1 fully saturated rings. The monoisotopic (exact) mass is 506 g/mol.